The van der Waals surface area contributed by atoms with Crippen LogP contribution in [0.3, 0.4) is 0 Å². The predicted octanol–water partition coefficient (Wildman–Crippen LogP) is 7.59. The van der Waals surface area contributed by atoms with Crippen molar-refractivity contribution in [3.8, 4) is 22.9 Å². The second kappa shape index (κ2) is 16.1. The molecular formula is C37H48BrN9O6S. The lowest BCUT2D eigenvalue weighted by atomic mass is 9.94. The summed E-state index contributed by atoms with van der Waals surface area (Å²) in [6.07, 6.45) is 8.49. The van der Waals surface area contributed by atoms with E-state index in [2.05, 4.69) is 30.5 Å². The molecule has 7 rings (SSSR count). The Morgan fingerprint density at radius 2 is 1.26 bits per heavy atom. The zero-order chi connectivity index (χ0) is 38.8. The molecule has 0 bridgehead atoms. The van der Waals surface area contributed by atoms with Gasteiger partial charge in [-0.1, -0.05) is 0 Å². The number of nitrogens with zero attached hydrogens (tertiary/aromatic N) is 9. The Morgan fingerprint density at radius 1 is 0.759 bits per heavy atom. The van der Waals surface area contributed by atoms with E-state index in [1.54, 1.807) is 45.4 Å². The number of likely N-dealkylation sites (tertiary alicyclic amines) is 2. The number of fused-ring (bicyclic) bond motifs is 2. The largest absolute Gasteiger partial charge is 0.481 e. The fourth-order valence-corrected chi connectivity index (χ4v) is 7.44. The van der Waals surface area contributed by atoms with Crippen molar-refractivity contribution in [3.63, 3.8) is 0 Å². The highest BCUT2D eigenvalue weighted by Gasteiger charge is 2.31. The van der Waals surface area contributed by atoms with Crippen molar-refractivity contribution in [1.82, 2.24) is 43.4 Å². The van der Waals surface area contributed by atoms with Crippen molar-refractivity contribution in [2.75, 3.05) is 40.4 Å². The van der Waals surface area contributed by atoms with E-state index in [0.29, 0.717) is 43.6 Å². The number of amides is 2. The van der Waals surface area contributed by atoms with Gasteiger partial charge in [-0.15, -0.1) is 0 Å². The third-order valence-electron chi connectivity index (χ3n) is 9.02. The molecule has 17 heteroatoms. The second-order valence-corrected chi connectivity index (χ2v) is 16.9. The number of halogens is 1. The van der Waals surface area contributed by atoms with Crippen LogP contribution in [0.25, 0.3) is 22.4 Å². The number of hydrogen-bond acceptors (Lipinski definition) is 12. The molecule has 2 aliphatic heterocycles. The number of ether oxygens (including phenoxy) is 4. The summed E-state index contributed by atoms with van der Waals surface area (Å²) >= 11 is 4.86. The van der Waals surface area contributed by atoms with E-state index < -0.39 is 11.2 Å². The van der Waals surface area contributed by atoms with Gasteiger partial charge in [0, 0.05) is 72.9 Å². The molecule has 290 valence electrons. The van der Waals surface area contributed by atoms with Crippen LogP contribution in [0.1, 0.15) is 90.4 Å². The standard InChI is InChI=1S/C20H25N5O3S.C17H23BrN4O3/c1-20(2,3)28-19(26)24-7-5-6-13(11-24)16-8-17(27-4)25-18(23-16)15(10-21-25)14-9-22-29-12-14;1-17(2,3)25-16(23)21-7-5-6-11(10-21)13-8-14(24-4)22-15(20-13)12(18)9-19-22/h8-10,12-13H,5-7,11H2,1-4H3;8-9,11H,5-7,10H2,1-4H3. The van der Waals surface area contributed by atoms with Crippen LogP contribution in [0.4, 0.5) is 9.59 Å². The van der Waals surface area contributed by atoms with Crippen molar-refractivity contribution in [1.29, 1.82) is 0 Å². The molecule has 15 nitrogen and oxygen atoms in total. The number of aromatic nitrogens is 7. The van der Waals surface area contributed by atoms with Crippen molar-refractivity contribution >= 4 is 50.9 Å². The van der Waals surface area contributed by atoms with Gasteiger partial charge in [0.1, 0.15) is 11.2 Å². The molecule has 7 heterocycles. The number of carbonyl (C=O) groups is 2. The Morgan fingerprint density at radius 3 is 1.74 bits per heavy atom. The molecule has 0 spiro atoms. The quantitative estimate of drug-likeness (QED) is 0.172. The molecule has 5 aromatic heterocycles. The maximum absolute atomic E-state index is 12.5. The van der Waals surface area contributed by atoms with Crippen molar-refractivity contribution in [3.05, 3.63) is 52.0 Å². The van der Waals surface area contributed by atoms with Crippen LogP contribution < -0.4 is 9.47 Å². The number of piperidine rings is 2. The normalized spacial score (nSPS) is 17.9. The molecule has 0 N–H and O–H groups in total. The van der Waals surface area contributed by atoms with Gasteiger partial charge in [-0.05, 0) is 94.7 Å². The van der Waals surface area contributed by atoms with E-state index in [0.717, 1.165) is 58.3 Å². The molecule has 5 aromatic rings. The number of rotatable bonds is 5. The minimum atomic E-state index is -0.508. The minimum absolute atomic E-state index is 0.110. The van der Waals surface area contributed by atoms with Crippen LogP contribution >= 0.6 is 27.5 Å². The highest BCUT2D eigenvalue weighted by molar-refractivity contribution is 9.10. The lowest BCUT2D eigenvalue weighted by Gasteiger charge is -2.34. The van der Waals surface area contributed by atoms with E-state index >= 15 is 0 Å². The highest BCUT2D eigenvalue weighted by atomic mass is 79.9. The molecular weight excluding hydrogens is 778 g/mol. The lowest BCUT2D eigenvalue weighted by Crippen LogP contribution is -2.42. The van der Waals surface area contributed by atoms with Crippen LogP contribution in [0.2, 0.25) is 0 Å². The first-order valence-electron chi connectivity index (χ1n) is 18.0. The molecule has 0 radical (unpaired) electrons. The summed E-state index contributed by atoms with van der Waals surface area (Å²) in [4.78, 5) is 38.1. The fraction of sp³-hybridized carbons (Fsp3) is 0.541. The maximum Gasteiger partial charge on any atom is 0.410 e. The third-order valence-corrected chi connectivity index (χ3v) is 10.2. The van der Waals surface area contributed by atoms with Gasteiger partial charge in [0.15, 0.2) is 11.3 Å². The van der Waals surface area contributed by atoms with Gasteiger partial charge in [-0.3, -0.25) is 0 Å². The lowest BCUT2D eigenvalue weighted by molar-refractivity contribution is 0.0187. The van der Waals surface area contributed by atoms with E-state index in [4.69, 9.17) is 28.9 Å². The van der Waals surface area contributed by atoms with Gasteiger partial charge in [0.25, 0.3) is 0 Å². The summed E-state index contributed by atoms with van der Waals surface area (Å²) in [7, 11) is 3.24. The van der Waals surface area contributed by atoms with Crippen molar-refractivity contribution < 1.29 is 28.5 Å². The van der Waals surface area contributed by atoms with Crippen LogP contribution in [0.15, 0.2) is 40.6 Å². The fourth-order valence-electron chi connectivity index (χ4n) is 6.55. The molecule has 0 aromatic carbocycles. The SMILES string of the molecule is COc1cc(C2CCCN(C(=O)OC(C)(C)C)C2)nc2c(-c3cnsc3)cnn12.COc1cc(C2CCCN(C(=O)OC(C)(C)C)C2)nc2c(Br)cnn12. The second-order valence-electron chi connectivity index (χ2n) is 15.4. The summed E-state index contributed by atoms with van der Waals surface area (Å²) in [6, 6.07) is 3.81. The minimum Gasteiger partial charge on any atom is -0.481 e. The molecule has 0 aliphatic carbocycles. The smallest absolute Gasteiger partial charge is 0.410 e. The molecule has 2 atom stereocenters. The Labute approximate surface area is 327 Å². The molecule has 2 fully saturated rings. The Hall–Kier alpha value is -4.51. The summed E-state index contributed by atoms with van der Waals surface area (Å²) < 4.78 is 30.4. The Balaban J connectivity index is 0.000000186. The van der Waals surface area contributed by atoms with E-state index in [-0.39, 0.29) is 24.0 Å². The van der Waals surface area contributed by atoms with E-state index in [9.17, 15) is 9.59 Å². The number of methoxy groups -OCH3 is 2. The third kappa shape index (κ3) is 9.05. The van der Waals surface area contributed by atoms with Gasteiger partial charge in [-0.2, -0.15) is 19.2 Å². The van der Waals surface area contributed by atoms with Gasteiger partial charge < -0.3 is 28.7 Å². The molecule has 54 heavy (non-hydrogen) atoms. The summed E-state index contributed by atoms with van der Waals surface area (Å²) in [5.41, 5.74) is 4.14. The first-order valence-corrected chi connectivity index (χ1v) is 19.6. The van der Waals surface area contributed by atoms with Crippen LogP contribution in [0, 0.1) is 0 Å². The Bertz CT molecular complexity index is 2090. The summed E-state index contributed by atoms with van der Waals surface area (Å²) in [5, 5.41) is 10.7. The zero-order valence-electron chi connectivity index (χ0n) is 32.0. The molecule has 2 unspecified atom stereocenters. The van der Waals surface area contributed by atoms with Gasteiger partial charge in [0.2, 0.25) is 11.8 Å². The van der Waals surface area contributed by atoms with Crippen LogP contribution in [0.5, 0.6) is 11.8 Å². The van der Waals surface area contributed by atoms with Crippen molar-refractivity contribution in [2.45, 2.75) is 90.3 Å². The molecule has 2 aliphatic rings. The van der Waals surface area contributed by atoms with E-state index in [1.165, 1.54) is 11.5 Å². The summed E-state index contributed by atoms with van der Waals surface area (Å²) in [6.45, 7) is 13.9. The topological polar surface area (TPSA) is 151 Å². The van der Waals surface area contributed by atoms with Crippen LogP contribution in [-0.2, 0) is 9.47 Å². The summed E-state index contributed by atoms with van der Waals surface area (Å²) in [5.74, 6) is 1.49. The average molecular weight is 827 g/mol. The highest BCUT2D eigenvalue weighted by Crippen LogP contribution is 2.33. The monoisotopic (exact) mass is 825 g/mol. The maximum atomic E-state index is 12.5. The zero-order valence-corrected chi connectivity index (χ0v) is 34.4. The number of carbonyl (C=O) groups excluding carboxylic acids is 2. The van der Waals surface area contributed by atoms with Gasteiger partial charge >= 0.3 is 12.2 Å². The van der Waals surface area contributed by atoms with Crippen molar-refractivity contribution in [2.24, 2.45) is 0 Å². The Kier molecular flexibility index (Phi) is 11.7. The molecule has 2 saturated heterocycles. The van der Waals surface area contributed by atoms with Gasteiger partial charge in [-0.25, -0.2) is 23.9 Å². The first kappa shape index (κ1) is 39.2. The molecule has 2 amide bonds. The average Bonchev–Trinajstić information content (AvgIpc) is 3.90. The van der Waals surface area contributed by atoms with E-state index in [1.807, 2.05) is 65.3 Å². The first-order chi connectivity index (χ1) is 25.6. The van der Waals surface area contributed by atoms with Gasteiger partial charge in [0.05, 0.1) is 42.5 Å². The van der Waals surface area contributed by atoms with Crippen LogP contribution in [-0.4, -0.2) is 107 Å². The number of hydrogen-bond donors (Lipinski definition) is 0. The molecule has 0 saturated carbocycles. The predicted molar refractivity (Wildman–Crippen MR) is 207 cm³/mol.